The standard InChI is InChI=1S/C16H24N4O3/c21-14(3-1-8-20-12-17-11-18-20)19-7-2-6-16(10-19,15(22)23)9-13-4-5-13/h11-13H,1-10H2,(H,22,23)/t16-/m0/s1. The van der Waals surface area contributed by atoms with E-state index in [2.05, 4.69) is 10.1 Å². The number of likely N-dealkylation sites (tertiary alicyclic amines) is 1. The van der Waals surface area contributed by atoms with Gasteiger partial charge in [0.15, 0.2) is 0 Å². The summed E-state index contributed by atoms with van der Waals surface area (Å²) in [5.41, 5.74) is -0.721. The summed E-state index contributed by atoms with van der Waals surface area (Å²) < 4.78 is 1.71. The number of rotatable bonds is 7. The molecule has 0 bridgehead atoms. The third-order valence-electron chi connectivity index (χ3n) is 5.00. The molecule has 1 aromatic heterocycles. The van der Waals surface area contributed by atoms with Crippen molar-refractivity contribution in [3.63, 3.8) is 0 Å². The van der Waals surface area contributed by atoms with E-state index in [1.54, 1.807) is 15.9 Å². The van der Waals surface area contributed by atoms with E-state index in [0.29, 0.717) is 44.8 Å². The molecule has 2 aliphatic rings. The molecule has 1 aliphatic carbocycles. The van der Waals surface area contributed by atoms with Gasteiger partial charge in [0, 0.05) is 26.1 Å². The molecule has 0 unspecified atom stereocenters. The summed E-state index contributed by atoms with van der Waals surface area (Å²) in [5.74, 6) is -0.121. The molecule has 0 radical (unpaired) electrons. The van der Waals surface area contributed by atoms with Gasteiger partial charge in [-0.05, 0) is 31.6 Å². The van der Waals surface area contributed by atoms with Crippen LogP contribution in [0, 0.1) is 11.3 Å². The summed E-state index contributed by atoms with van der Waals surface area (Å²) in [6.45, 7) is 1.72. The van der Waals surface area contributed by atoms with Gasteiger partial charge in [-0.2, -0.15) is 5.10 Å². The quantitative estimate of drug-likeness (QED) is 0.823. The number of hydrogen-bond donors (Lipinski definition) is 1. The second-order valence-corrected chi connectivity index (χ2v) is 6.91. The van der Waals surface area contributed by atoms with E-state index in [-0.39, 0.29) is 5.91 Å². The van der Waals surface area contributed by atoms with Crippen LogP contribution >= 0.6 is 0 Å². The third-order valence-corrected chi connectivity index (χ3v) is 5.00. The third kappa shape index (κ3) is 3.89. The first-order chi connectivity index (χ1) is 11.1. The van der Waals surface area contributed by atoms with E-state index in [1.165, 1.54) is 6.33 Å². The van der Waals surface area contributed by atoms with Crippen LogP contribution < -0.4 is 0 Å². The summed E-state index contributed by atoms with van der Waals surface area (Å²) in [4.78, 5) is 29.9. The molecule has 1 N–H and O–H groups in total. The predicted octanol–water partition coefficient (Wildman–Crippen LogP) is 1.55. The van der Waals surface area contributed by atoms with Gasteiger partial charge >= 0.3 is 5.97 Å². The topological polar surface area (TPSA) is 88.3 Å². The van der Waals surface area contributed by atoms with Crippen LogP contribution in [0.3, 0.4) is 0 Å². The minimum absolute atomic E-state index is 0.0613. The van der Waals surface area contributed by atoms with Gasteiger partial charge in [-0.15, -0.1) is 0 Å². The number of piperidine rings is 1. The highest BCUT2D eigenvalue weighted by Crippen LogP contribution is 2.45. The number of nitrogens with zero attached hydrogens (tertiary/aromatic N) is 4. The van der Waals surface area contributed by atoms with Crippen molar-refractivity contribution in [2.45, 2.75) is 51.5 Å². The van der Waals surface area contributed by atoms with E-state index in [9.17, 15) is 14.7 Å². The lowest BCUT2D eigenvalue weighted by Crippen LogP contribution is -2.50. The Morgan fingerprint density at radius 3 is 2.83 bits per heavy atom. The Morgan fingerprint density at radius 1 is 1.35 bits per heavy atom. The monoisotopic (exact) mass is 320 g/mol. The lowest BCUT2D eigenvalue weighted by molar-refractivity contribution is -0.156. The van der Waals surface area contributed by atoms with Crippen molar-refractivity contribution in [1.29, 1.82) is 0 Å². The Bertz CT molecular complexity index is 556. The highest BCUT2D eigenvalue weighted by molar-refractivity contribution is 5.79. The molecule has 7 heteroatoms. The number of aromatic nitrogens is 3. The Kier molecular flexibility index (Phi) is 4.63. The normalized spacial score (nSPS) is 24.6. The van der Waals surface area contributed by atoms with Gasteiger partial charge in [0.1, 0.15) is 12.7 Å². The van der Waals surface area contributed by atoms with Gasteiger partial charge in [0.2, 0.25) is 5.91 Å². The molecule has 7 nitrogen and oxygen atoms in total. The van der Waals surface area contributed by atoms with Crippen LogP contribution in [0.15, 0.2) is 12.7 Å². The van der Waals surface area contributed by atoms with Crippen molar-refractivity contribution in [3.8, 4) is 0 Å². The van der Waals surface area contributed by atoms with E-state index < -0.39 is 11.4 Å². The first-order valence-corrected chi connectivity index (χ1v) is 8.43. The van der Waals surface area contributed by atoms with Crippen LogP contribution in [0.4, 0.5) is 0 Å². The van der Waals surface area contributed by atoms with Gasteiger partial charge in [-0.1, -0.05) is 12.8 Å². The second-order valence-electron chi connectivity index (χ2n) is 6.91. The molecular weight excluding hydrogens is 296 g/mol. The summed E-state index contributed by atoms with van der Waals surface area (Å²) in [6.07, 6.45) is 8.73. The number of carboxylic acid groups (broad SMARTS) is 1. The molecule has 1 amide bonds. The molecule has 1 saturated heterocycles. The molecule has 1 aromatic rings. The number of carbonyl (C=O) groups excluding carboxylic acids is 1. The van der Waals surface area contributed by atoms with E-state index in [4.69, 9.17) is 0 Å². The summed E-state index contributed by atoms with van der Waals surface area (Å²) in [5, 5.41) is 13.7. The molecule has 3 rings (SSSR count). The molecule has 23 heavy (non-hydrogen) atoms. The number of aryl methyl sites for hydroxylation is 1. The van der Waals surface area contributed by atoms with Crippen LogP contribution in [0.2, 0.25) is 0 Å². The number of hydrogen-bond acceptors (Lipinski definition) is 4. The van der Waals surface area contributed by atoms with Crippen LogP contribution in [0.25, 0.3) is 0 Å². The van der Waals surface area contributed by atoms with Crippen molar-refractivity contribution >= 4 is 11.9 Å². The maximum atomic E-state index is 12.4. The van der Waals surface area contributed by atoms with Gasteiger partial charge in [-0.3, -0.25) is 14.3 Å². The Labute approximate surface area is 135 Å². The SMILES string of the molecule is O=C(CCCn1cncn1)N1CCC[C@@](CC2CC2)(C(=O)O)C1. The van der Waals surface area contributed by atoms with Gasteiger partial charge in [0.05, 0.1) is 5.41 Å². The smallest absolute Gasteiger partial charge is 0.311 e. The average Bonchev–Trinajstić information content (AvgIpc) is 3.19. The van der Waals surface area contributed by atoms with Crippen LogP contribution in [-0.2, 0) is 16.1 Å². The maximum Gasteiger partial charge on any atom is 0.311 e. The molecule has 2 fully saturated rings. The van der Waals surface area contributed by atoms with Crippen LogP contribution in [0.1, 0.15) is 44.9 Å². The molecular formula is C16H24N4O3. The number of carboxylic acids is 1. The predicted molar refractivity (Wildman–Crippen MR) is 82.5 cm³/mol. The zero-order chi connectivity index (χ0) is 16.3. The molecule has 126 valence electrons. The Balaban J connectivity index is 1.53. The van der Waals surface area contributed by atoms with E-state index >= 15 is 0 Å². The summed E-state index contributed by atoms with van der Waals surface area (Å²) >= 11 is 0. The molecule has 1 saturated carbocycles. The van der Waals surface area contributed by atoms with Gasteiger partial charge < -0.3 is 10.0 Å². The molecule has 1 atom stereocenters. The largest absolute Gasteiger partial charge is 0.481 e. The van der Waals surface area contributed by atoms with E-state index in [1.807, 2.05) is 0 Å². The number of aliphatic carboxylic acids is 1. The zero-order valence-electron chi connectivity index (χ0n) is 13.4. The minimum Gasteiger partial charge on any atom is -0.481 e. The maximum absolute atomic E-state index is 12.4. The second kappa shape index (κ2) is 6.68. The van der Waals surface area contributed by atoms with Crippen molar-refractivity contribution in [2.24, 2.45) is 11.3 Å². The van der Waals surface area contributed by atoms with Crippen LogP contribution in [0.5, 0.6) is 0 Å². The molecule has 0 spiro atoms. The van der Waals surface area contributed by atoms with Crippen molar-refractivity contribution < 1.29 is 14.7 Å². The van der Waals surface area contributed by atoms with Crippen molar-refractivity contribution in [2.75, 3.05) is 13.1 Å². The average molecular weight is 320 g/mol. The minimum atomic E-state index is -0.732. The lowest BCUT2D eigenvalue weighted by atomic mass is 9.75. The fraction of sp³-hybridized carbons (Fsp3) is 0.750. The van der Waals surface area contributed by atoms with Crippen molar-refractivity contribution in [3.05, 3.63) is 12.7 Å². The fourth-order valence-corrected chi connectivity index (χ4v) is 3.55. The fourth-order valence-electron chi connectivity index (χ4n) is 3.55. The zero-order valence-corrected chi connectivity index (χ0v) is 13.4. The molecule has 0 aromatic carbocycles. The van der Waals surface area contributed by atoms with E-state index in [0.717, 1.165) is 25.7 Å². The highest BCUT2D eigenvalue weighted by Gasteiger charge is 2.46. The first kappa shape index (κ1) is 16.0. The highest BCUT2D eigenvalue weighted by atomic mass is 16.4. The Morgan fingerprint density at radius 2 is 2.17 bits per heavy atom. The molecule has 2 heterocycles. The Hall–Kier alpha value is -1.92. The number of amides is 1. The van der Waals surface area contributed by atoms with Crippen LogP contribution in [-0.4, -0.2) is 49.7 Å². The van der Waals surface area contributed by atoms with Gasteiger partial charge in [-0.25, -0.2) is 4.98 Å². The molecule has 1 aliphatic heterocycles. The number of carbonyl (C=O) groups is 2. The lowest BCUT2D eigenvalue weighted by Gasteiger charge is -2.40. The summed E-state index contributed by atoms with van der Waals surface area (Å²) in [7, 11) is 0. The van der Waals surface area contributed by atoms with Crippen molar-refractivity contribution in [1.82, 2.24) is 19.7 Å². The first-order valence-electron chi connectivity index (χ1n) is 8.43. The summed E-state index contributed by atoms with van der Waals surface area (Å²) in [6, 6.07) is 0. The van der Waals surface area contributed by atoms with Gasteiger partial charge in [0.25, 0.3) is 0 Å².